The first-order valence-corrected chi connectivity index (χ1v) is 8.35. The molecule has 0 bridgehead atoms. The summed E-state index contributed by atoms with van der Waals surface area (Å²) in [6.07, 6.45) is 1.22. The van der Waals surface area contributed by atoms with Gasteiger partial charge in [0.05, 0.1) is 26.5 Å². The molecular weight excluding hydrogens is 294 g/mol. The predicted octanol–water partition coefficient (Wildman–Crippen LogP) is -1.16. The zero-order valence-electron chi connectivity index (χ0n) is 14.4. The maximum atomic E-state index is 12.3. The molecule has 1 saturated heterocycles. The van der Waals surface area contributed by atoms with Gasteiger partial charge in [-0.3, -0.25) is 4.79 Å². The molecule has 1 aliphatic heterocycles. The van der Waals surface area contributed by atoms with Gasteiger partial charge in [0, 0.05) is 6.07 Å². The molecule has 2 rings (SSSR count). The largest absolute Gasteiger partial charge is 0.497 e. The Kier molecular flexibility index (Phi) is 6.67. The topological polar surface area (TPSA) is 56.4 Å². The Morgan fingerprint density at radius 1 is 1.13 bits per heavy atom. The van der Waals surface area contributed by atoms with Crippen molar-refractivity contribution in [2.24, 2.45) is 0 Å². The van der Waals surface area contributed by atoms with Gasteiger partial charge in [-0.1, -0.05) is 6.92 Å². The fraction of sp³-hybridized carbons (Fsp3) is 0.588. The second kappa shape index (κ2) is 8.74. The number of benzene rings is 1. The van der Waals surface area contributed by atoms with E-state index in [1.807, 2.05) is 12.1 Å². The van der Waals surface area contributed by atoms with Crippen LogP contribution in [0.1, 0.15) is 13.3 Å². The number of ether oxygens (including phenoxy) is 2. The number of hydrogen-bond acceptors (Lipinski definition) is 3. The second-order valence-corrected chi connectivity index (χ2v) is 6.04. The highest BCUT2D eigenvalue weighted by Gasteiger charge is 2.24. The first-order valence-electron chi connectivity index (χ1n) is 8.35. The Bertz CT molecular complexity index is 514. The van der Waals surface area contributed by atoms with Gasteiger partial charge in [-0.25, -0.2) is 0 Å². The molecule has 128 valence electrons. The smallest absolute Gasteiger partial charge is 0.279 e. The molecule has 1 fully saturated rings. The number of amides is 1. The molecule has 1 aromatic carbocycles. The van der Waals surface area contributed by atoms with Crippen molar-refractivity contribution in [3.63, 3.8) is 0 Å². The number of quaternary nitrogens is 2. The quantitative estimate of drug-likeness (QED) is 0.593. The average Bonchev–Trinajstić information content (AvgIpc) is 2.57. The van der Waals surface area contributed by atoms with Gasteiger partial charge in [0.25, 0.3) is 5.91 Å². The number of carbonyl (C=O) groups is 1. The van der Waals surface area contributed by atoms with E-state index in [0.717, 1.165) is 26.2 Å². The molecule has 23 heavy (non-hydrogen) atoms. The molecule has 3 N–H and O–H groups in total. The van der Waals surface area contributed by atoms with Gasteiger partial charge in [0.2, 0.25) is 0 Å². The number of anilines is 1. The molecule has 1 aromatic rings. The number of rotatable bonds is 7. The SMILES string of the molecule is CCC[NH+]1CC[NH+](CC(=O)Nc2ccc(OC)cc2OC)CC1. The molecule has 6 heteroatoms. The third-order valence-corrected chi connectivity index (χ3v) is 4.36. The Labute approximate surface area is 138 Å². The molecule has 0 aliphatic carbocycles. The average molecular weight is 323 g/mol. The normalized spacial score (nSPS) is 20.8. The number of nitrogens with one attached hydrogen (secondary N) is 3. The van der Waals surface area contributed by atoms with Crippen LogP contribution in [0.2, 0.25) is 0 Å². The zero-order valence-corrected chi connectivity index (χ0v) is 14.4. The number of carbonyl (C=O) groups excluding carboxylic acids is 1. The number of hydrogen-bond donors (Lipinski definition) is 3. The van der Waals surface area contributed by atoms with E-state index in [4.69, 9.17) is 9.47 Å². The highest BCUT2D eigenvalue weighted by Crippen LogP contribution is 2.28. The van der Waals surface area contributed by atoms with Crippen molar-refractivity contribution >= 4 is 11.6 Å². The second-order valence-electron chi connectivity index (χ2n) is 6.04. The summed E-state index contributed by atoms with van der Waals surface area (Å²) in [6, 6.07) is 5.40. The van der Waals surface area contributed by atoms with Crippen molar-refractivity contribution in [2.75, 3.05) is 58.8 Å². The Balaban J connectivity index is 1.86. The Morgan fingerprint density at radius 3 is 2.43 bits per heavy atom. The molecular formula is C17H29N3O3+2. The number of methoxy groups -OCH3 is 2. The van der Waals surface area contributed by atoms with Gasteiger partial charge in [0.15, 0.2) is 6.54 Å². The van der Waals surface area contributed by atoms with Crippen LogP contribution in [0.15, 0.2) is 18.2 Å². The van der Waals surface area contributed by atoms with E-state index in [1.54, 1.807) is 25.2 Å². The van der Waals surface area contributed by atoms with E-state index >= 15 is 0 Å². The fourth-order valence-corrected chi connectivity index (χ4v) is 3.06. The maximum Gasteiger partial charge on any atom is 0.279 e. The molecule has 0 spiro atoms. The summed E-state index contributed by atoms with van der Waals surface area (Å²) >= 11 is 0. The highest BCUT2D eigenvalue weighted by molar-refractivity contribution is 5.93. The van der Waals surface area contributed by atoms with Crippen LogP contribution in [0.25, 0.3) is 0 Å². The van der Waals surface area contributed by atoms with Gasteiger partial charge >= 0.3 is 0 Å². The van der Waals surface area contributed by atoms with E-state index in [2.05, 4.69) is 12.2 Å². The van der Waals surface area contributed by atoms with Crippen LogP contribution in [0.4, 0.5) is 5.69 Å². The summed E-state index contributed by atoms with van der Waals surface area (Å²) in [5.74, 6) is 1.35. The molecule has 6 nitrogen and oxygen atoms in total. The summed E-state index contributed by atoms with van der Waals surface area (Å²) in [6.45, 7) is 8.40. The summed E-state index contributed by atoms with van der Waals surface area (Å²) in [4.78, 5) is 15.3. The van der Waals surface area contributed by atoms with Crippen LogP contribution < -0.4 is 24.6 Å². The van der Waals surface area contributed by atoms with Crippen LogP contribution in [-0.4, -0.2) is 59.4 Å². The van der Waals surface area contributed by atoms with Gasteiger partial charge in [-0.05, 0) is 18.6 Å². The van der Waals surface area contributed by atoms with E-state index in [-0.39, 0.29) is 5.91 Å². The third kappa shape index (κ3) is 5.11. The zero-order chi connectivity index (χ0) is 16.7. The van der Waals surface area contributed by atoms with Crippen LogP contribution in [-0.2, 0) is 4.79 Å². The molecule has 1 aliphatic rings. The lowest BCUT2D eigenvalue weighted by molar-refractivity contribution is -1.01. The molecule has 0 unspecified atom stereocenters. The lowest BCUT2D eigenvalue weighted by Crippen LogP contribution is -3.28. The predicted molar refractivity (Wildman–Crippen MR) is 89.6 cm³/mol. The van der Waals surface area contributed by atoms with Crippen LogP contribution >= 0.6 is 0 Å². The maximum absolute atomic E-state index is 12.3. The van der Waals surface area contributed by atoms with Crippen LogP contribution in [0.3, 0.4) is 0 Å². The number of piperazine rings is 1. The highest BCUT2D eigenvalue weighted by atomic mass is 16.5. The lowest BCUT2D eigenvalue weighted by Gasteiger charge is -2.29. The summed E-state index contributed by atoms with van der Waals surface area (Å²) < 4.78 is 10.5. The van der Waals surface area contributed by atoms with E-state index in [1.165, 1.54) is 17.9 Å². The third-order valence-electron chi connectivity index (χ3n) is 4.36. The van der Waals surface area contributed by atoms with Gasteiger partial charge in [-0.15, -0.1) is 0 Å². The molecule has 1 heterocycles. The van der Waals surface area contributed by atoms with Crippen molar-refractivity contribution in [2.45, 2.75) is 13.3 Å². The Morgan fingerprint density at radius 2 is 1.83 bits per heavy atom. The molecule has 0 saturated carbocycles. The van der Waals surface area contributed by atoms with Crippen molar-refractivity contribution < 1.29 is 24.1 Å². The molecule has 0 aromatic heterocycles. The molecule has 0 radical (unpaired) electrons. The van der Waals surface area contributed by atoms with Crippen molar-refractivity contribution in [3.05, 3.63) is 18.2 Å². The minimum atomic E-state index is 0.0300. The van der Waals surface area contributed by atoms with E-state index in [0.29, 0.717) is 23.7 Å². The van der Waals surface area contributed by atoms with Gasteiger partial charge < -0.3 is 24.6 Å². The Hall–Kier alpha value is -1.79. The first kappa shape index (κ1) is 17.6. The first-order chi connectivity index (χ1) is 11.2. The monoisotopic (exact) mass is 323 g/mol. The van der Waals surface area contributed by atoms with Crippen LogP contribution in [0.5, 0.6) is 11.5 Å². The summed E-state index contributed by atoms with van der Waals surface area (Å²) in [5.41, 5.74) is 0.688. The van der Waals surface area contributed by atoms with Gasteiger partial charge in [-0.2, -0.15) is 0 Å². The summed E-state index contributed by atoms with van der Waals surface area (Å²) in [7, 11) is 3.20. The van der Waals surface area contributed by atoms with Crippen molar-refractivity contribution in [3.8, 4) is 11.5 Å². The van der Waals surface area contributed by atoms with Crippen molar-refractivity contribution in [1.29, 1.82) is 0 Å². The lowest BCUT2D eigenvalue weighted by atomic mass is 10.2. The standard InChI is InChI=1S/C17H27N3O3/c1-4-7-19-8-10-20(11-9-19)13-17(21)18-15-6-5-14(22-2)12-16(15)23-3/h5-6,12H,4,7-11,13H2,1-3H3,(H,18,21)/p+2. The van der Waals surface area contributed by atoms with Crippen molar-refractivity contribution in [1.82, 2.24) is 0 Å². The van der Waals surface area contributed by atoms with E-state index in [9.17, 15) is 4.79 Å². The molecule has 0 atom stereocenters. The minimum Gasteiger partial charge on any atom is -0.497 e. The van der Waals surface area contributed by atoms with Gasteiger partial charge in [0.1, 0.15) is 37.7 Å². The summed E-state index contributed by atoms with van der Waals surface area (Å²) in [5, 5.41) is 2.95. The minimum absolute atomic E-state index is 0.0300. The van der Waals surface area contributed by atoms with Crippen LogP contribution in [0, 0.1) is 0 Å². The fourth-order valence-electron chi connectivity index (χ4n) is 3.06. The molecule has 1 amide bonds. The van der Waals surface area contributed by atoms with E-state index < -0.39 is 0 Å².